The lowest BCUT2D eigenvalue weighted by atomic mass is 10.2. The van der Waals surface area contributed by atoms with Gasteiger partial charge in [0, 0.05) is 22.5 Å². The third-order valence-corrected chi connectivity index (χ3v) is 6.94. The Labute approximate surface area is 201 Å². The minimum absolute atomic E-state index is 0.0422. The van der Waals surface area contributed by atoms with Gasteiger partial charge < -0.3 is 4.74 Å². The summed E-state index contributed by atoms with van der Waals surface area (Å²) in [5.41, 5.74) is 2.79. The SMILES string of the molecule is Cc1cc(C)n(-c2ccc(Oc3ccc(NS(=O)(=O)c4cc(C)c(Cl)cc4Cl)cc3)nn2)n1. The molecule has 4 rings (SSSR count). The number of hydrogen-bond donors (Lipinski definition) is 1. The molecule has 0 saturated heterocycles. The van der Waals surface area contributed by atoms with Gasteiger partial charge in [-0.25, -0.2) is 13.1 Å². The van der Waals surface area contributed by atoms with E-state index in [0.717, 1.165) is 11.4 Å². The van der Waals surface area contributed by atoms with Gasteiger partial charge >= 0.3 is 0 Å². The fourth-order valence-electron chi connectivity index (χ4n) is 3.10. The van der Waals surface area contributed by atoms with Gasteiger partial charge in [-0.1, -0.05) is 23.2 Å². The molecule has 2 heterocycles. The minimum Gasteiger partial charge on any atom is -0.438 e. The second-order valence-corrected chi connectivity index (χ2v) is 9.80. The Balaban J connectivity index is 1.46. The highest BCUT2D eigenvalue weighted by Gasteiger charge is 2.19. The fourth-order valence-corrected chi connectivity index (χ4v) is 4.99. The predicted octanol–water partition coefficient (Wildman–Crippen LogP) is 5.49. The zero-order valence-electron chi connectivity index (χ0n) is 17.9. The van der Waals surface area contributed by atoms with E-state index in [0.29, 0.717) is 27.8 Å². The monoisotopic (exact) mass is 503 g/mol. The maximum atomic E-state index is 12.7. The van der Waals surface area contributed by atoms with Crippen LogP contribution < -0.4 is 9.46 Å². The molecule has 0 spiro atoms. The van der Waals surface area contributed by atoms with Crippen molar-refractivity contribution >= 4 is 38.9 Å². The van der Waals surface area contributed by atoms with Gasteiger partial charge in [0.05, 0.1) is 10.7 Å². The first kappa shape index (κ1) is 23.0. The molecule has 8 nitrogen and oxygen atoms in total. The third-order valence-electron chi connectivity index (χ3n) is 4.68. The summed E-state index contributed by atoms with van der Waals surface area (Å²) in [7, 11) is -3.90. The second-order valence-electron chi connectivity index (χ2n) is 7.33. The molecule has 0 amide bonds. The molecule has 2 aromatic carbocycles. The summed E-state index contributed by atoms with van der Waals surface area (Å²) >= 11 is 12.1. The summed E-state index contributed by atoms with van der Waals surface area (Å²) in [6, 6.07) is 14.6. The van der Waals surface area contributed by atoms with Crippen molar-refractivity contribution in [2.45, 2.75) is 25.7 Å². The zero-order valence-corrected chi connectivity index (χ0v) is 20.2. The van der Waals surface area contributed by atoms with E-state index in [1.807, 2.05) is 19.9 Å². The molecule has 0 unspecified atom stereocenters. The van der Waals surface area contributed by atoms with Crippen LogP contribution in [0.2, 0.25) is 10.0 Å². The number of nitrogens with zero attached hydrogens (tertiary/aromatic N) is 4. The van der Waals surface area contributed by atoms with Gasteiger partial charge in [-0.3, -0.25) is 4.72 Å². The summed E-state index contributed by atoms with van der Waals surface area (Å²) in [4.78, 5) is -0.0515. The molecule has 33 heavy (non-hydrogen) atoms. The zero-order chi connectivity index (χ0) is 23.8. The summed E-state index contributed by atoms with van der Waals surface area (Å²) in [5, 5.41) is 13.0. The number of anilines is 1. The molecule has 0 saturated carbocycles. The fraction of sp³-hybridized carbons (Fsp3) is 0.136. The molecular formula is C22H19Cl2N5O3S. The maximum Gasteiger partial charge on any atom is 0.263 e. The van der Waals surface area contributed by atoms with Gasteiger partial charge in [0.25, 0.3) is 10.0 Å². The van der Waals surface area contributed by atoms with Crippen LogP contribution in [0, 0.1) is 20.8 Å². The van der Waals surface area contributed by atoms with E-state index in [1.54, 1.807) is 48.0 Å². The minimum atomic E-state index is -3.90. The first-order valence-electron chi connectivity index (χ1n) is 9.76. The molecule has 1 N–H and O–H groups in total. The number of aromatic nitrogens is 4. The van der Waals surface area contributed by atoms with Crippen molar-refractivity contribution in [2.75, 3.05) is 4.72 Å². The number of ether oxygens (including phenoxy) is 1. The van der Waals surface area contributed by atoms with Gasteiger partial charge in [0.2, 0.25) is 5.88 Å². The van der Waals surface area contributed by atoms with Gasteiger partial charge in [-0.05, 0) is 74.9 Å². The van der Waals surface area contributed by atoms with Gasteiger partial charge in [0.15, 0.2) is 5.82 Å². The van der Waals surface area contributed by atoms with Gasteiger partial charge in [0.1, 0.15) is 10.6 Å². The molecule has 11 heteroatoms. The number of benzene rings is 2. The van der Waals surface area contributed by atoms with Crippen molar-refractivity contribution in [3.8, 4) is 17.4 Å². The normalized spacial score (nSPS) is 11.4. The first-order valence-corrected chi connectivity index (χ1v) is 12.0. The van der Waals surface area contributed by atoms with Crippen LogP contribution in [0.4, 0.5) is 5.69 Å². The molecule has 0 fully saturated rings. The van der Waals surface area contributed by atoms with Crippen molar-refractivity contribution in [1.29, 1.82) is 0 Å². The molecule has 2 aromatic heterocycles. The first-order chi connectivity index (χ1) is 15.6. The Bertz CT molecular complexity index is 1420. The molecule has 0 aliphatic rings. The van der Waals surface area contributed by atoms with Crippen molar-refractivity contribution in [1.82, 2.24) is 20.0 Å². The Morgan fingerprint density at radius 1 is 0.909 bits per heavy atom. The number of aryl methyl sites for hydroxylation is 3. The number of nitrogens with one attached hydrogen (secondary N) is 1. The third kappa shape index (κ3) is 5.11. The highest BCUT2D eigenvalue weighted by atomic mass is 35.5. The Hall–Kier alpha value is -3.14. The van der Waals surface area contributed by atoms with E-state index < -0.39 is 10.0 Å². The maximum absolute atomic E-state index is 12.7. The van der Waals surface area contributed by atoms with Crippen LogP contribution in [0.3, 0.4) is 0 Å². The highest BCUT2D eigenvalue weighted by molar-refractivity contribution is 7.92. The lowest BCUT2D eigenvalue weighted by Crippen LogP contribution is -2.13. The van der Waals surface area contributed by atoms with Crippen LogP contribution in [-0.2, 0) is 10.0 Å². The predicted molar refractivity (Wildman–Crippen MR) is 127 cm³/mol. The number of sulfonamides is 1. The summed E-state index contributed by atoms with van der Waals surface area (Å²) in [6.07, 6.45) is 0. The standard InChI is InChI=1S/C22H19Cl2N5O3S/c1-13-10-20(19(24)12-18(13)23)33(30,31)28-16-4-6-17(7-5-16)32-22-9-8-21(25-26-22)29-15(3)11-14(2)27-29/h4-12,28H,1-3H3. The van der Waals surface area contributed by atoms with Crippen LogP contribution in [0.15, 0.2) is 59.5 Å². The quantitative estimate of drug-likeness (QED) is 0.373. The molecule has 0 aliphatic carbocycles. The number of hydrogen-bond acceptors (Lipinski definition) is 6. The Kier molecular flexibility index (Phi) is 6.29. The van der Waals surface area contributed by atoms with Crippen LogP contribution in [0.5, 0.6) is 11.6 Å². The lowest BCUT2D eigenvalue weighted by Gasteiger charge is -2.12. The van der Waals surface area contributed by atoms with Crippen LogP contribution in [0.25, 0.3) is 5.82 Å². The summed E-state index contributed by atoms with van der Waals surface area (Å²) in [6.45, 7) is 5.55. The summed E-state index contributed by atoms with van der Waals surface area (Å²) < 4.78 is 35.4. The van der Waals surface area contributed by atoms with E-state index >= 15 is 0 Å². The molecule has 0 bridgehead atoms. The highest BCUT2D eigenvalue weighted by Crippen LogP contribution is 2.30. The molecule has 0 aliphatic heterocycles. The van der Waals surface area contributed by atoms with E-state index in [2.05, 4.69) is 20.0 Å². The Morgan fingerprint density at radius 3 is 2.24 bits per heavy atom. The lowest BCUT2D eigenvalue weighted by molar-refractivity contribution is 0.454. The van der Waals surface area contributed by atoms with Crippen molar-refractivity contribution in [2.24, 2.45) is 0 Å². The van der Waals surface area contributed by atoms with Crippen LogP contribution in [-0.4, -0.2) is 28.4 Å². The van der Waals surface area contributed by atoms with E-state index in [9.17, 15) is 8.42 Å². The van der Waals surface area contributed by atoms with Crippen molar-refractivity contribution in [3.05, 3.63) is 81.6 Å². The molecule has 0 radical (unpaired) electrons. The van der Waals surface area contributed by atoms with Crippen LogP contribution >= 0.6 is 23.2 Å². The molecule has 4 aromatic rings. The van der Waals surface area contributed by atoms with Crippen molar-refractivity contribution in [3.63, 3.8) is 0 Å². The van der Waals surface area contributed by atoms with E-state index in [1.165, 1.54) is 12.1 Å². The largest absolute Gasteiger partial charge is 0.438 e. The molecule has 170 valence electrons. The molecular weight excluding hydrogens is 485 g/mol. The number of rotatable bonds is 6. The molecule has 0 atom stereocenters. The van der Waals surface area contributed by atoms with E-state index in [4.69, 9.17) is 27.9 Å². The smallest absolute Gasteiger partial charge is 0.263 e. The van der Waals surface area contributed by atoms with Crippen LogP contribution in [0.1, 0.15) is 17.0 Å². The Morgan fingerprint density at radius 2 is 1.64 bits per heavy atom. The topological polar surface area (TPSA) is 99.0 Å². The average molecular weight is 504 g/mol. The van der Waals surface area contributed by atoms with Gasteiger partial charge in [-0.15, -0.1) is 10.2 Å². The summed E-state index contributed by atoms with van der Waals surface area (Å²) in [5.74, 6) is 1.33. The number of halogens is 2. The average Bonchev–Trinajstić information content (AvgIpc) is 3.10. The van der Waals surface area contributed by atoms with Gasteiger partial charge in [-0.2, -0.15) is 5.10 Å². The second kappa shape index (κ2) is 9.01. The van der Waals surface area contributed by atoms with E-state index in [-0.39, 0.29) is 15.8 Å². The van der Waals surface area contributed by atoms with Crippen molar-refractivity contribution < 1.29 is 13.2 Å².